The SMILES string of the molecule is COc1ccc([C@H]2Nc3ccccc3-c3nnc(SC)nc3O2)cc1Br. The summed E-state index contributed by atoms with van der Waals surface area (Å²) in [6.07, 6.45) is 1.48. The third-order valence-corrected chi connectivity index (χ3v) is 5.15. The lowest BCUT2D eigenvalue weighted by Crippen LogP contribution is -2.17. The van der Waals surface area contributed by atoms with Gasteiger partial charge in [-0.3, -0.25) is 0 Å². The Hall–Kier alpha value is -2.32. The first-order valence-electron chi connectivity index (χ1n) is 7.84. The number of ether oxygens (including phenoxy) is 2. The molecule has 0 saturated carbocycles. The van der Waals surface area contributed by atoms with E-state index in [1.54, 1.807) is 7.11 Å². The molecule has 3 aromatic rings. The van der Waals surface area contributed by atoms with Gasteiger partial charge in [0.15, 0.2) is 11.9 Å². The van der Waals surface area contributed by atoms with Crippen molar-refractivity contribution in [2.45, 2.75) is 11.4 Å². The number of methoxy groups -OCH3 is 1. The maximum atomic E-state index is 6.20. The quantitative estimate of drug-likeness (QED) is 0.611. The summed E-state index contributed by atoms with van der Waals surface area (Å²) >= 11 is 4.96. The topological polar surface area (TPSA) is 69.2 Å². The van der Waals surface area contributed by atoms with Crippen LogP contribution in [-0.2, 0) is 0 Å². The zero-order valence-electron chi connectivity index (χ0n) is 14.1. The summed E-state index contributed by atoms with van der Waals surface area (Å²) in [5, 5.41) is 12.5. The molecular formula is C18H15BrN4O2S. The van der Waals surface area contributed by atoms with Gasteiger partial charge in [-0.25, -0.2) is 0 Å². The van der Waals surface area contributed by atoms with Crippen LogP contribution in [0.15, 0.2) is 52.1 Å². The maximum Gasteiger partial charge on any atom is 0.247 e. The molecule has 132 valence electrons. The number of halogens is 1. The molecule has 6 nitrogen and oxygen atoms in total. The molecule has 1 aliphatic rings. The monoisotopic (exact) mass is 430 g/mol. The van der Waals surface area contributed by atoms with Crippen LogP contribution in [0.5, 0.6) is 11.6 Å². The number of hydrogen-bond acceptors (Lipinski definition) is 7. The second-order valence-electron chi connectivity index (χ2n) is 5.53. The number of nitrogens with zero attached hydrogens (tertiary/aromatic N) is 3. The third-order valence-electron chi connectivity index (χ3n) is 3.99. The van der Waals surface area contributed by atoms with Gasteiger partial charge >= 0.3 is 0 Å². The lowest BCUT2D eigenvalue weighted by atomic mass is 10.1. The lowest BCUT2D eigenvalue weighted by Gasteiger charge is -2.20. The van der Waals surface area contributed by atoms with Gasteiger partial charge in [0.2, 0.25) is 11.0 Å². The summed E-state index contributed by atoms with van der Waals surface area (Å²) < 4.78 is 12.4. The molecular weight excluding hydrogens is 416 g/mol. The van der Waals surface area contributed by atoms with Gasteiger partial charge in [0.25, 0.3) is 0 Å². The third kappa shape index (κ3) is 3.10. The zero-order chi connectivity index (χ0) is 18.1. The van der Waals surface area contributed by atoms with Crippen LogP contribution in [-0.4, -0.2) is 28.5 Å². The van der Waals surface area contributed by atoms with E-state index >= 15 is 0 Å². The van der Waals surface area contributed by atoms with Crippen LogP contribution in [0.25, 0.3) is 11.3 Å². The van der Waals surface area contributed by atoms with Gasteiger partial charge in [-0.2, -0.15) is 4.98 Å². The first kappa shape index (κ1) is 17.1. The minimum Gasteiger partial charge on any atom is -0.496 e. The Morgan fingerprint density at radius 3 is 2.81 bits per heavy atom. The molecule has 0 aliphatic carbocycles. The smallest absolute Gasteiger partial charge is 0.247 e. The average Bonchev–Trinajstić information content (AvgIpc) is 2.84. The van der Waals surface area contributed by atoms with Gasteiger partial charge in [-0.05, 0) is 46.5 Å². The van der Waals surface area contributed by atoms with E-state index in [2.05, 4.69) is 36.4 Å². The second-order valence-corrected chi connectivity index (χ2v) is 7.16. The van der Waals surface area contributed by atoms with Crippen molar-refractivity contribution in [2.75, 3.05) is 18.7 Å². The Labute approximate surface area is 163 Å². The summed E-state index contributed by atoms with van der Waals surface area (Å²) in [6, 6.07) is 13.7. The van der Waals surface area contributed by atoms with E-state index < -0.39 is 6.23 Å². The molecule has 1 N–H and O–H groups in total. The molecule has 0 radical (unpaired) electrons. The fourth-order valence-corrected chi connectivity index (χ4v) is 3.59. The van der Waals surface area contributed by atoms with Crippen LogP contribution in [0.4, 0.5) is 5.69 Å². The Balaban J connectivity index is 1.83. The second kappa shape index (κ2) is 7.13. The van der Waals surface area contributed by atoms with E-state index in [0.717, 1.165) is 27.0 Å². The normalized spacial score (nSPS) is 15.1. The molecule has 0 bridgehead atoms. The van der Waals surface area contributed by atoms with Gasteiger partial charge in [0, 0.05) is 16.8 Å². The molecule has 0 fully saturated rings. The van der Waals surface area contributed by atoms with Crippen LogP contribution in [0, 0.1) is 0 Å². The highest BCUT2D eigenvalue weighted by Gasteiger charge is 2.26. The molecule has 1 aromatic heterocycles. The van der Waals surface area contributed by atoms with E-state index in [-0.39, 0.29) is 0 Å². The zero-order valence-corrected chi connectivity index (χ0v) is 16.5. The van der Waals surface area contributed by atoms with Crippen LogP contribution < -0.4 is 14.8 Å². The van der Waals surface area contributed by atoms with Gasteiger partial charge in [-0.15, -0.1) is 10.2 Å². The van der Waals surface area contributed by atoms with E-state index in [1.807, 2.05) is 48.7 Å². The molecule has 0 unspecified atom stereocenters. The number of benzene rings is 2. The Kier molecular flexibility index (Phi) is 4.69. The van der Waals surface area contributed by atoms with E-state index in [9.17, 15) is 0 Å². The fraction of sp³-hybridized carbons (Fsp3) is 0.167. The number of aromatic nitrogens is 3. The Bertz CT molecular complexity index is 970. The van der Waals surface area contributed by atoms with Gasteiger partial charge in [-0.1, -0.05) is 30.0 Å². The molecule has 26 heavy (non-hydrogen) atoms. The molecule has 1 atom stereocenters. The summed E-state index contributed by atoms with van der Waals surface area (Å²) in [5.74, 6) is 1.22. The highest BCUT2D eigenvalue weighted by atomic mass is 79.9. The van der Waals surface area contributed by atoms with Gasteiger partial charge in [0.05, 0.1) is 11.6 Å². The fourth-order valence-electron chi connectivity index (χ4n) is 2.73. The number of nitrogens with one attached hydrogen (secondary N) is 1. The summed E-state index contributed by atoms with van der Waals surface area (Å²) in [6.45, 7) is 0. The molecule has 2 aromatic carbocycles. The molecule has 4 rings (SSSR count). The largest absolute Gasteiger partial charge is 0.496 e. The summed E-state index contributed by atoms with van der Waals surface area (Å²) in [4.78, 5) is 4.51. The van der Waals surface area contributed by atoms with Crippen molar-refractivity contribution in [1.82, 2.24) is 15.2 Å². The first-order valence-corrected chi connectivity index (χ1v) is 9.86. The Morgan fingerprint density at radius 1 is 1.19 bits per heavy atom. The number of para-hydroxylation sites is 1. The van der Waals surface area contributed by atoms with Crippen molar-refractivity contribution in [2.24, 2.45) is 0 Å². The van der Waals surface area contributed by atoms with Crippen molar-refractivity contribution in [1.29, 1.82) is 0 Å². The highest BCUT2D eigenvalue weighted by Crippen LogP contribution is 2.40. The molecule has 0 saturated heterocycles. The maximum absolute atomic E-state index is 6.20. The van der Waals surface area contributed by atoms with Crippen molar-refractivity contribution in [3.63, 3.8) is 0 Å². The number of thioether (sulfide) groups is 1. The van der Waals surface area contributed by atoms with Crippen molar-refractivity contribution in [3.05, 3.63) is 52.5 Å². The molecule has 2 heterocycles. The first-order chi connectivity index (χ1) is 12.7. The standard InChI is InChI=1S/C18H15BrN4O2S/c1-24-14-8-7-10(9-12(14)19)16-20-13-6-4-3-5-11(13)15-17(25-16)21-18(26-2)23-22-15/h3-9,16,20H,1-2H3/t16-/m0/s1. The van der Waals surface area contributed by atoms with Crippen LogP contribution in [0.2, 0.25) is 0 Å². The summed E-state index contributed by atoms with van der Waals surface area (Å²) in [7, 11) is 1.64. The van der Waals surface area contributed by atoms with Gasteiger partial charge in [0.1, 0.15) is 5.75 Å². The predicted octanol–water partition coefficient (Wildman–Crippen LogP) is 4.53. The van der Waals surface area contributed by atoms with Crippen molar-refractivity contribution in [3.8, 4) is 22.9 Å². The predicted molar refractivity (Wildman–Crippen MR) is 105 cm³/mol. The minimum absolute atomic E-state index is 0.425. The number of anilines is 1. The molecule has 8 heteroatoms. The van der Waals surface area contributed by atoms with E-state index in [1.165, 1.54) is 11.8 Å². The number of hydrogen-bond donors (Lipinski definition) is 1. The van der Waals surface area contributed by atoms with E-state index in [0.29, 0.717) is 16.7 Å². The molecule has 0 amide bonds. The van der Waals surface area contributed by atoms with Crippen LogP contribution in [0.1, 0.15) is 11.8 Å². The average molecular weight is 431 g/mol. The minimum atomic E-state index is -0.425. The lowest BCUT2D eigenvalue weighted by molar-refractivity contribution is 0.225. The summed E-state index contributed by atoms with van der Waals surface area (Å²) in [5.41, 5.74) is 3.38. The number of fused-ring (bicyclic) bond motifs is 3. The van der Waals surface area contributed by atoms with E-state index in [4.69, 9.17) is 9.47 Å². The highest BCUT2D eigenvalue weighted by molar-refractivity contribution is 9.10. The Morgan fingerprint density at radius 2 is 2.04 bits per heavy atom. The van der Waals surface area contributed by atoms with Crippen LogP contribution >= 0.6 is 27.7 Å². The molecule has 1 aliphatic heterocycles. The van der Waals surface area contributed by atoms with Crippen molar-refractivity contribution < 1.29 is 9.47 Å². The van der Waals surface area contributed by atoms with Crippen LogP contribution in [0.3, 0.4) is 0 Å². The van der Waals surface area contributed by atoms with Gasteiger partial charge < -0.3 is 14.8 Å². The van der Waals surface area contributed by atoms with Crippen molar-refractivity contribution >= 4 is 33.4 Å². The molecule has 0 spiro atoms. The number of rotatable bonds is 3.